The van der Waals surface area contributed by atoms with Crippen molar-refractivity contribution >= 4 is 27.3 Å². The molecule has 0 bridgehead atoms. The summed E-state index contributed by atoms with van der Waals surface area (Å²) < 4.78 is 38.7. The number of amides is 1. The van der Waals surface area contributed by atoms with Gasteiger partial charge in [-0.05, 0) is 48.7 Å². The monoisotopic (exact) mass is 348 g/mol. The zero-order chi connectivity index (χ0) is 17.3. The summed E-state index contributed by atoms with van der Waals surface area (Å²) in [7, 11) is -3.34. The SMILES string of the molecule is CS(=O)(=O)N1CCCc2cc(C(=O)Nc3ccccc3F)ccc21. The molecular formula is C17H17FN2O3S. The number of hydrogen-bond acceptors (Lipinski definition) is 3. The Morgan fingerprint density at radius 2 is 1.96 bits per heavy atom. The summed E-state index contributed by atoms with van der Waals surface area (Å²) in [5, 5.41) is 2.53. The highest BCUT2D eigenvalue weighted by Crippen LogP contribution is 2.30. The van der Waals surface area contributed by atoms with Crippen LogP contribution in [0.1, 0.15) is 22.3 Å². The van der Waals surface area contributed by atoms with E-state index >= 15 is 0 Å². The topological polar surface area (TPSA) is 66.5 Å². The van der Waals surface area contributed by atoms with Crippen molar-refractivity contribution in [2.24, 2.45) is 0 Å². The van der Waals surface area contributed by atoms with Gasteiger partial charge in [0.25, 0.3) is 5.91 Å². The molecule has 0 unspecified atom stereocenters. The molecule has 0 aromatic heterocycles. The number of carbonyl (C=O) groups is 1. The summed E-state index contributed by atoms with van der Waals surface area (Å²) >= 11 is 0. The van der Waals surface area contributed by atoms with Gasteiger partial charge >= 0.3 is 0 Å². The molecule has 0 aliphatic carbocycles. The van der Waals surface area contributed by atoms with Crippen molar-refractivity contribution in [2.45, 2.75) is 12.8 Å². The molecule has 2 aromatic carbocycles. The summed E-state index contributed by atoms with van der Waals surface area (Å²) in [6.07, 6.45) is 2.56. The normalized spacial score (nSPS) is 14.2. The van der Waals surface area contributed by atoms with E-state index in [1.165, 1.54) is 22.7 Å². The minimum Gasteiger partial charge on any atom is -0.319 e. The first kappa shape index (κ1) is 16.4. The van der Waals surface area contributed by atoms with E-state index in [1.54, 1.807) is 30.3 Å². The fourth-order valence-electron chi connectivity index (χ4n) is 2.81. The van der Waals surface area contributed by atoms with E-state index < -0.39 is 21.7 Å². The quantitative estimate of drug-likeness (QED) is 0.927. The van der Waals surface area contributed by atoms with Crippen LogP contribution < -0.4 is 9.62 Å². The van der Waals surface area contributed by atoms with Gasteiger partial charge in [0.1, 0.15) is 5.82 Å². The van der Waals surface area contributed by atoms with Gasteiger partial charge in [-0.2, -0.15) is 0 Å². The van der Waals surface area contributed by atoms with Gasteiger partial charge in [-0.3, -0.25) is 9.10 Å². The van der Waals surface area contributed by atoms with Crippen molar-refractivity contribution in [3.63, 3.8) is 0 Å². The fraction of sp³-hybridized carbons (Fsp3) is 0.235. The molecule has 0 saturated heterocycles. The Labute approximate surface area is 140 Å². The lowest BCUT2D eigenvalue weighted by Gasteiger charge is -2.29. The third-order valence-corrected chi connectivity index (χ3v) is 5.12. The third-order valence-electron chi connectivity index (χ3n) is 3.94. The molecule has 1 aliphatic heterocycles. The molecule has 2 aromatic rings. The molecule has 0 atom stereocenters. The van der Waals surface area contributed by atoms with Crippen molar-refractivity contribution < 1.29 is 17.6 Å². The average molecular weight is 348 g/mol. The number of nitrogens with one attached hydrogen (secondary N) is 1. The number of para-hydroxylation sites is 1. The lowest BCUT2D eigenvalue weighted by atomic mass is 10.0. The maximum atomic E-state index is 13.6. The molecule has 0 radical (unpaired) electrons. The number of rotatable bonds is 3. The summed E-state index contributed by atoms with van der Waals surface area (Å²) in [6, 6.07) is 10.8. The Balaban J connectivity index is 1.89. The van der Waals surface area contributed by atoms with E-state index in [0.29, 0.717) is 30.6 Å². The third kappa shape index (κ3) is 3.26. The van der Waals surface area contributed by atoms with Crippen LogP contribution in [0.4, 0.5) is 15.8 Å². The number of benzene rings is 2. The number of nitrogens with zero attached hydrogens (tertiary/aromatic N) is 1. The number of anilines is 2. The second-order valence-electron chi connectivity index (χ2n) is 5.72. The van der Waals surface area contributed by atoms with Crippen LogP contribution in [-0.2, 0) is 16.4 Å². The first-order chi connectivity index (χ1) is 11.4. The number of halogens is 1. The molecule has 24 heavy (non-hydrogen) atoms. The van der Waals surface area contributed by atoms with Gasteiger partial charge in [0.05, 0.1) is 17.6 Å². The maximum Gasteiger partial charge on any atom is 0.255 e. The van der Waals surface area contributed by atoms with Gasteiger partial charge in [-0.25, -0.2) is 12.8 Å². The van der Waals surface area contributed by atoms with Gasteiger partial charge in [0.15, 0.2) is 0 Å². The molecular weight excluding hydrogens is 331 g/mol. The smallest absolute Gasteiger partial charge is 0.255 e. The zero-order valence-electron chi connectivity index (χ0n) is 13.1. The molecule has 0 saturated carbocycles. The highest BCUT2D eigenvalue weighted by molar-refractivity contribution is 7.92. The lowest BCUT2D eigenvalue weighted by Crippen LogP contribution is -2.34. The van der Waals surface area contributed by atoms with E-state index in [0.717, 1.165) is 5.56 Å². The van der Waals surface area contributed by atoms with E-state index in [-0.39, 0.29) is 5.69 Å². The molecule has 7 heteroatoms. The molecule has 0 spiro atoms. The molecule has 126 valence electrons. The van der Waals surface area contributed by atoms with E-state index in [9.17, 15) is 17.6 Å². The van der Waals surface area contributed by atoms with E-state index in [2.05, 4.69) is 5.32 Å². The Morgan fingerprint density at radius 3 is 2.67 bits per heavy atom. The largest absolute Gasteiger partial charge is 0.319 e. The predicted molar refractivity (Wildman–Crippen MR) is 91.3 cm³/mol. The second kappa shape index (κ2) is 6.24. The van der Waals surface area contributed by atoms with Crippen molar-refractivity contribution in [2.75, 3.05) is 22.4 Å². The predicted octanol–water partition coefficient (Wildman–Crippen LogP) is 2.79. The summed E-state index contributed by atoms with van der Waals surface area (Å²) in [5.74, 6) is -0.938. The summed E-state index contributed by atoms with van der Waals surface area (Å²) in [5.41, 5.74) is 1.88. The lowest BCUT2D eigenvalue weighted by molar-refractivity contribution is 0.102. The van der Waals surface area contributed by atoms with Crippen LogP contribution in [0.25, 0.3) is 0 Å². The minimum absolute atomic E-state index is 0.109. The molecule has 1 aliphatic rings. The zero-order valence-corrected chi connectivity index (χ0v) is 13.9. The Kier molecular flexibility index (Phi) is 4.28. The summed E-state index contributed by atoms with van der Waals surface area (Å²) in [6.45, 7) is 0.437. The number of sulfonamides is 1. The van der Waals surface area contributed by atoms with E-state index in [4.69, 9.17) is 0 Å². The van der Waals surface area contributed by atoms with Crippen LogP contribution in [0.5, 0.6) is 0 Å². The van der Waals surface area contributed by atoms with Crippen LogP contribution >= 0.6 is 0 Å². The van der Waals surface area contributed by atoms with Crippen LogP contribution in [-0.4, -0.2) is 27.1 Å². The van der Waals surface area contributed by atoms with Gasteiger partial charge in [-0.15, -0.1) is 0 Å². The highest BCUT2D eigenvalue weighted by atomic mass is 32.2. The van der Waals surface area contributed by atoms with Gasteiger partial charge < -0.3 is 5.32 Å². The van der Waals surface area contributed by atoms with Crippen molar-refractivity contribution in [3.05, 3.63) is 59.4 Å². The van der Waals surface area contributed by atoms with Crippen LogP contribution in [0.2, 0.25) is 0 Å². The number of fused-ring (bicyclic) bond motifs is 1. The van der Waals surface area contributed by atoms with Crippen LogP contribution in [0.3, 0.4) is 0 Å². The fourth-order valence-corrected chi connectivity index (χ4v) is 3.80. The second-order valence-corrected chi connectivity index (χ2v) is 7.62. The van der Waals surface area contributed by atoms with Crippen molar-refractivity contribution in [1.82, 2.24) is 0 Å². The molecule has 1 amide bonds. The minimum atomic E-state index is -3.34. The number of hydrogen-bond donors (Lipinski definition) is 1. The Morgan fingerprint density at radius 1 is 1.21 bits per heavy atom. The average Bonchev–Trinajstić information content (AvgIpc) is 2.55. The first-order valence-corrected chi connectivity index (χ1v) is 9.37. The Hall–Kier alpha value is -2.41. The van der Waals surface area contributed by atoms with Gasteiger partial charge in [0, 0.05) is 12.1 Å². The highest BCUT2D eigenvalue weighted by Gasteiger charge is 2.24. The van der Waals surface area contributed by atoms with E-state index in [1.807, 2.05) is 0 Å². The molecule has 1 N–H and O–H groups in total. The van der Waals surface area contributed by atoms with Crippen molar-refractivity contribution in [1.29, 1.82) is 0 Å². The van der Waals surface area contributed by atoms with Crippen molar-refractivity contribution in [3.8, 4) is 0 Å². The maximum absolute atomic E-state index is 13.6. The molecule has 5 nitrogen and oxygen atoms in total. The van der Waals surface area contributed by atoms with Gasteiger partial charge in [0.2, 0.25) is 10.0 Å². The first-order valence-electron chi connectivity index (χ1n) is 7.53. The standard InChI is InChI=1S/C17H17FN2O3S/c1-24(22,23)20-10-4-5-12-11-13(8-9-16(12)20)17(21)19-15-7-3-2-6-14(15)18/h2-3,6-9,11H,4-5,10H2,1H3,(H,19,21). The summed E-state index contributed by atoms with van der Waals surface area (Å²) in [4.78, 5) is 12.3. The Bertz CT molecular complexity index is 896. The van der Waals surface area contributed by atoms with Gasteiger partial charge in [-0.1, -0.05) is 12.1 Å². The molecule has 1 heterocycles. The number of carbonyl (C=O) groups excluding carboxylic acids is 1. The van der Waals surface area contributed by atoms with Crippen LogP contribution in [0, 0.1) is 5.82 Å². The van der Waals surface area contributed by atoms with Crippen LogP contribution in [0.15, 0.2) is 42.5 Å². The molecule has 0 fully saturated rings. The molecule has 3 rings (SSSR count). The number of aryl methyl sites for hydroxylation is 1.